The van der Waals surface area contributed by atoms with E-state index >= 15 is 0 Å². The van der Waals surface area contributed by atoms with Gasteiger partial charge in [-0.2, -0.15) is 0 Å². The van der Waals surface area contributed by atoms with Gasteiger partial charge in [-0.15, -0.1) is 0 Å². The third-order valence-corrected chi connectivity index (χ3v) is 2.99. The molecule has 1 aliphatic heterocycles. The second kappa shape index (κ2) is 1.72. The van der Waals surface area contributed by atoms with Crippen molar-refractivity contribution >= 4 is 21.9 Å². The quantitative estimate of drug-likeness (QED) is 0.423. The first kappa shape index (κ1) is 5.71. The summed E-state index contributed by atoms with van der Waals surface area (Å²) in [6, 6.07) is 0. The van der Waals surface area contributed by atoms with Crippen LogP contribution in [-0.4, -0.2) is 16.9 Å². The van der Waals surface area contributed by atoms with Crippen LogP contribution in [0.3, 0.4) is 0 Å². The predicted octanol–water partition coefficient (Wildman–Crippen LogP) is 1.09. The monoisotopic (exact) mass is 190 g/mol. The molecule has 2 bridgehead atoms. The minimum Gasteiger partial charge on any atom is -0.461 e. The highest BCUT2D eigenvalue weighted by molar-refractivity contribution is 9.09. The maximum atomic E-state index is 10.7. The topological polar surface area (TPSA) is 26.3 Å². The van der Waals surface area contributed by atoms with Crippen LogP contribution in [0.25, 0.3) is 0 Å². The number of fused-ring (bicyclic) bond motifs is 2. The Morgan fingerprint density at radius 1 is 1.56 bits per heavy atom. The highest BCUT2D eigenvalue weighted by Crippen LogP contribution is 2.39. The van der Waals surface area contributed by atoms with E-state index in [2.05, 4.69) is 15.9 Å². The smallest absolute Gasteiger partial charge is 0.309 e. The summed E-state index contributed by atoms with van der Waals surface area (Å²) in [5, 5.41) is 0. The zero-order valence-electron chi connectivity index (χ0n) is 4.84. The Balaban J connectivity index is 2.19. The van der Waals surface area contributed by atoms with Crippen LogP contribution in [0.15, 0.2) is 0 Å². The number of rotatable bonds is 0. The molecule has 0 spiro atoms. The summed E-state index contributed by atoms with van der Waals surface area (Å²) in [5.41, 5.74) is 0. The molecule has 0 aromatic heterocycles. The van der Waals surface area contributed by atoms with E-state index in [1.807, 2.05) is 0 Å². The molecule has 2 aliphatic rings. The molecule has 1 aliphatic carbocycles. The Labute approximate surface area is 61.7 Å². The molecule has 0 radical (unpaired) electrons. The number of halogens is 1. The lowest BCUT2D eigenvalue weighted by molar-refractivity contribution is -0.147. The van der Waals surface area contributed by atoms with Gasteiger partial charge in [-0.3, -0.25) is 4.79 Å². The molecular formula is C6H7BrO2. The van der Waals surface area contributed by atoms with Gasteiger partial charge in [-0.25, -0.2) is 0 Å². The van der Waals surface area contributed by atoms with Gasteiger partial charge in [0.2, 0.25) is 0 Å². The molecule has 3 heteroatoms. The van der Waals surface area contributed by atoms with E-state index < -0.39 is 0 Å². The highest BCUT2D eigenvalue weighted by atomic mass is 79.9. The average Bonchev–Trinajstić information content (AvgIpc) is 2.24. The van der Waals surface area contributed by atoms with Crippen LogP contribution < -0.4 is 0 Å². The Kier molecular flexibility index (Phi) is 1.09. The Morgan fingerprint density at radius 2 is 2.33 bits per heavy atom. The van der Waals surface area contributed by atoms with Crippen LogP contribution >= 0.6 is 15.9 Å². The largest absolute Gasteiger partial charge is 0.461 e. The highest BCUT2D eigenvalue weighted by Gasteiger charge is 2.46. The first-order chi connectivity index (χ1) is 4.27. The van der Waals surface area contributed by atoms with Crippen molar-refractivity contribution in [3.8, 4) is 0 Å². The van der Waals surface area contributed by atoms with Crippen LogP contribution in [-0.2, 0) is 9.53 Å². The molecule has 9 heavy (non-hydrogen) atoms. The maximum absolute atomic E-state index is 10.7. The zero-order valence-corrected chi connectivity index (χ0v) is 6.43. The van der Waals surface area contributed by atoms with Gasteiger partial charge in [0.05, 0.1) is 10.7 Å². The third-order valence-electron chi connectivity index (χ3n) is 2.03. The first-order valence-corrected chi connectivity index (χ1v) is 4.03. The summed E-state index contributed by atoms with van der Waals surface area (Å²) in [7, 11) is 0. The lowest BCUT2D eigenvalue weighted by Crippen LogP contribution is -2.23. The summed E-state index contributed by atoms with van der Waals surface area (Å²) >= 11 is 3.45. The van der Waals surface area contributed by atoms with Crippen molar-refractivity contribution in [2.45, 2.75) is 23.8 Å². The zero-order chi connectivity index (χ0) is 6.43. The predicted molar refractivity (Wildman–Crippen MR) is 35.3 cm³/mol. The van der Waals surface area contributed by atoms with Gasteiger partial charge in [0.1, 0.15) is 6.10 Å². The molecule has 0 amide bonds. The maximum Gasteiger partial charge on any atom is 0.309 e. The van der Waals surface area contributed by atoms with E-state index in [9.17, 15) is 4.79 Å². The fraction of sp³-hybridized carbons (Fsp3) is 0.833. The molecule has 0 aromatic carbocycles. The number of carbonyl (C=O) groups is 1. The molecule has 2 fully saturated rings. The van der Waals surface area contributed by atoms with E-state index in [-0.39, 0.29) is 18.0 Å². The molecule has 1 saturated heterocycles. The molecular weight excluding hydrogens is 184 g/mol. The molecule has 1 saturated carbocycles. The minimum atomic E-state index is 0.00991. The summed E-state index contributed by atoms with van der Waals surface area (Å²) in [6.45, 7) is 0. The number of carbonyl (C=O) groups excluding carboxylic acids is 1. The van der Waals surface area contributed by atoms with Crippen molar-refractivity contribution in [3.05, 3.63) is 0 Å². The molecule has 0 aromatic rings. The third kappa shape index (κ3) is 0.707. The van der Waals surface area contributed by atoms with Crippen LogP contribution in [0, 0.1) is 5.92 Å². The molecule has 0 N–H and O–H groups in total. The van der Waals surface area contributed by atoms with Gasteiger partial charge >= 0.3 is 5.97 Å². The first-order valence-electron chi connectivity index (χ1n) is 3.12. The summed E-state index contributed by atoms with van der Waals surface area (Å²) < 4.78 is 4.99. The molecule has 3 unspecified atom stereocenters. The number of ether oxygens (including phenoxy) is 1. The number of alkyl halides is 1. The van der Waals surface area contributed by atoms with Gasteiger partial charge in [-0.1, -0.05) is 15.9 Å². The fourth-order valence-electron chi connectivity index (χ4n) is 1.51. The second-order valence-corrected chi connectivity index (χ2v) is 3.84. The number of hydrogen-bond acceptors (Lipinski definition) is 2. The molecule has 1 heterocycles. The molecule has 2 nitrogen and oxygen atoms in total. The standard InChI is InChI=1S/C6H7BrO2/c7-4-1-3-2-5(4)9-6(3)8/h3-5H,1-2H2. The summed E-state index contributed by atoms with van der Waals surface area (Å²) in [4.78, 5) is 11.2. The number of hydrogen-bond donors (Lipinski definition) is 0. The Bertz CT molecular complexity index is 155. The van der Waals surface area contributed by atoms with Gasteiger partial charge < -0.3 is 4.74 Å². The van der Waals surface area contributed by atoms with Gasteiger partial charge in [-0.05, 0) is 12.8 Å². The molecule has 2 rings (SSSR count). The van der Waals surface area contributed by atoms with Crippen LogP contribution in [0.5, 0.6) is 0 Å². The Morgan fingerprint density at radius 3 is 2.67 bits per heavy atom. The summed E-state index contributed by atoms with van der Waals surface area (Å²) in [5.74, 6) is 0.218. The van der Waals surface area contributed by atoms with Gasteiger partial charge in [0.15, 0.2) is 0 Å². The van der Waals surface area contributed by atoms with Crippen molar-refractivity contribution in [1.29, 1.82) is 0 Å². The molecule has 3 atom stereocenters. The van der Waals surface area contributed by atoms with Crippen molar-refractivity contribution in [2.24, 2.45) is 5.92 Å². The fourth-order valence-corrected chi connectivity index (χ4v) is 2.28. The van der Waals surface area contributed by atoms with Crippen LogP contribution in [0.1, 0.15) is 12.8 Å². The van der Waals surface area contributed by atoms with Crippen molar-refractivity contribution in [1.82, 2.24) is 0 Å². The van der Waals surface area contributed by atoms with E-state index in [0.29, 0.717) is 4.83 Å². The normalized spacial score (nSPS) is 47.7. The van der Waals surface area contributed by atoms with E-state index in [1.165, 1.54) is 0 Å². The van der Waals surface area contributed by atoms with E-state index in [0.717, 1.165) is 12.8 Å². The second-order valence-electron chi connectivity index (χ2n) is 2.66. The van der Waals surface area contributed by atoms with Gasteiger partial charge in [0, 0.05) is 0 Å². The summed E-state index contributed by atoms with van der Waals surface area (Å²) in [6.07, 6.45) is 2.10. The number of esters is 1. The Hall–Kier alpha value is -0.0500. The SMILES string of the molecule is O=C1OC2CC1CC2Br. The molecule has 50 valence electrons. The lowest BCUT2D eigenvalue weighted by Gasteiger charge is -2.14. The van der Waals surface area contributed by atoms with E-state index in [1.54, 1.807) is 0 Å². The van der Waals surface area contributed by atoms with Crippen molar-refractivity contribution in [3.63, 3.8) is 0 Å². The lowest BCUT2D eigenvalue weighted by atomic mass is 10.1. The van der Waals surface area contributed by atoms with Crippen LogP contribution in [0.4, 0.5) is 0 Å². The van der Waals surface area contributed by atoms with Crippen molar-refractivity contribution < 1.29 is 9.53 Å². The average molecular weight is 191 g/mol. The van der Waals surface area contributed by atoms with Gasteiger partial charge in [0.25, 0.3) is 0 Å². The minimum absolute atomic E-state index is 0.00991. The van der Waals surface area contributed by atoms with Crippen LogP contribution in [0.2, 0.25) is 0 Å². The van der Waals surface area contributed by atoms with Crippen molar-refractivity contribution in [2.75, 3.05) is 0 Å². The van der Waals surface area contributed by atoms with E-state index in [4.69, 9.17) is 4.74 Å².